The monoisotopic (exact) mass is 496 g/mol. The van der Waals surface area contributed by atoms with E-state index in [4.69, 9.17) is 9.26 Å². The van der Waals surface area contributed by atoms with Crippen molar-refractivity contribution in [3.63, 3.8) is 0 Å². The van der Waals surface area contributed by atoms with Crippen molar-refractivity contribution in [2.75, 3.05) is 18.5 Å². The summed E-state index contributed by atoms with van der Waals surface area (Å²) in [4.78, 5) is 41.3. The molecule has 4 rings (SSSR count). The zero-order valence-corrected chi connectivity index (χ0v) is 20.9. The molecule has 1 aromatic heterocycles. The van der Waals surface area contributed by atoms with Gasteiger partial charge in [0.15, 0.2) is 5.82 Å². The van der Waals surface area contributed by atoms with Gasteiger partial charge in [-0.3, -0.25) is 14.4 Å². The zero-order valence-electron chi connectivity index (χ0n) is 20.9. The average molecular weight is 497 g/mol. The van der Waals surface area contributed by atoms with Gasteiger partial charge in [0.2, 0.25) is 17.7 Å². The Balaban J connectivity index is 1.50. The van der Waals surface area contributed by atoms with Crippen molar-refractivity contribution in [2.24, 2.45) is 0 Å². The van der Waals surface area contributed by atoms with Gasteiger partial charge < -0.3 is 24.8 Å². The molecule has 1 saturated carbocycles. The normalized spacial score (nSPS) is 19.0. The van der Waals surface area contributed by atoms with Crippen molar-refractivity contribution in [2.45, 2.75) is 82.9 Å². The standard InChI is InChI=1S/C27H36N4O5/c1-19-17-23(30-36-19)29-24(32)14-15-25(33)31(18-22-13-8-16-35-22)26(20-9-4-2-5-10-20)27(34)28-21-11-6-3-7-12-21/h2,4-5,9-10,17,21-22,26H,3,6-8,11-16,18H2,1H3,(H,28,34)(H,29,30,32)/t22-,26+/m1/s1. The molecule has 0 spiro atoms. The molecule has 0 unspecified atom stereocenters. The van der Waals surface area contributed by atoms with E-state index in [1.54, 1.807) is 17.9 Å². The third kappa shape index (κ3) is 7.16. The number of hydrogen-bond acceptors (Lipinski definition) is 6. The van der Waals surface area contributed by atoms with E-state index in [2.05, 4.69) is 15.8 Å². The van der Waals surface area contributed by atoms with Crippen LogP contribution in [0.4, 0.5) is 5.82 Å². The fourth-order valence-electron chi connectivity index (χ4n) is 4.99. The van der Waals surface area contributed by atoms with E-state index in [0.717, 1.165) is 44.1 Å². The second-order valence-electron chi connectivity index (χ2n) is 9.71. The first-order valence-electron chi connectivity index (χ1n) is 13.0. The van der Waals surface area contributed by atoms with Crippen molar-refractivity contribution in [3.8, 4) is 0 Å². The number of anilines is 1. The summed E-state index contributed by atoms with van der Waals surface area (Å²) in [5, 5.41) is 9.62. The quantitative estimate of drug-likeness (QED) is 0.516. The van der Waals surface area contributed by atoms with Gasteiger partial charge in [-0.25, -0.2) is 0 Å². The lowest BCUT2D eigenvalue weighted by Gasteiger charge is -2.34. The number of carbonyl (C=O) groups excluding carboxylic acids is 3. The Hall–Kier alpha value is -3.20. The third-order valence-electron chi connectivity index (χ3n) is 6.83. The molecular formula is C27H36N4O5. The van der Waals surface area contributed by atoms with Gasteiger partial charge in [0.05, 0.1) is 6.10 Å². The summed E-state index contributed by atoms with van der Waals surface area (Å²) in [6, 6.07) is 10.3. The molecule has 1 aromatic carbocycles. The van der Waals surface area contributed by atoms with Crippen LogP contribution in [0.5, 0.6) is 0 Å². The van der Waals surface area contributed by atoms with Gasteiger partial charge in [-0.2, -0.15) is 0 Å². The fourth-order valence-corrected chi connectivity index (χ4v) is 4.99. The minimum absolute atomic E-state index is 0.0292. The van der Waals surface area contributed by atoms with E-state index in [1.807, 2.05) is 30.3 Å². The Kier molecular flexibility index (Phi) is 9.11. The number of aryl methyl sites for hydroxylation is 1. The molecule has 2 heterocycles. The summed E-state index contributed by atoms with van der Waals surface area (Å²) < 4.78 is 10.8. The molecule has 194 valence electrons. The summed E-state index contributed by atoms with van der Waals surface area (Å²) in [6.07, 6.45) is 6.86. The van der Waals surface area contributed by atoms with E-state index in [9.17, 15) is 14.4 Å². The first-order chi connectivity index (χ1) is 17.5. The number of nitrogens with zero attached hydrogens (tertiary/aromatic N) is 2. The van der Waals surface area contributed by atoms with Gasteiger partial charge in [-0.15, -0.1) is 0 Å². The molecule has 0 radical (unpaired) electrons. The Morgan fingerprint density at radius 2 is 1.83 bits per heavy atom. The highest BCUT2D eigenvalue weighted by atomic mass is 16.5. The molecule has 9 nitrogen and oxygen atoms in total. The van der Waals surface area contributed by atoms with Gasteiger partial charge in [0, 0.05) is 38.1 Å². The SMILES string of the molecule is Cc1cc(NC(=O)CCC(=O)N(C[C@H]2CCCO2)[C@H](C(=O)NC2CCCCC2)c2ccccc2)no1. The maximum absolute atomic E-state index is 13.7. The first-order valence-corrected chi connectivity index (χ1v) is 13.0. The maximum Gasteiger partial charge on any atom is 0.247 e. The van der Waals surface area contributed by atoms with Crippen LogP contribution in [-0.2, 0) is 19.1 Å². The van der Waals surface area contributed by atoms with E-state index in [1.165, 1.54) is 6.42 Å². The molecule has 2 fully saturated rings. The lowest BCUT2D eigenvalue weighted by atomic mass is 9.94. The second-order valence-corrected chi connectivity index (χ2v) is 9.71. The van der Waals surface area contributed by atoms with Gasteiger partial charge in [0.1, 0.15) is 11.8 Å². The third-order valence-corrected chi connectivity index (χ3v) is 6.83. The fraction of sp³-hybridized carbons (Fsp3) is 0.556. The topological polar surface area (TPSA) is 114 Å². The van der Waals surface area contributed by atoms with Gasteiger partial charge in [0.25, 0.3) is 0 Å². The predicted octanol–water partition coefficient (Wildman–Crippen LogP) is 3.90. The molecule has 2 aromatic rings. The maximum atomic E-state index is 13.7. The number of aromatic nitrogens is 1. The van der Waals surface area contributed by atoms with Gasteiger partial charge >= 0.3 is 0 Å². The van der Waals surface area contributed by atoms with Crippen molar-refractivity contribution < 1.29 is 23.6 Å². The number of carbonyl (C=O) groups is 3. The van der Waals surface area contributed by atoms with Gasteiger partial charge in [-0.1, -0.05) is 54.8 Å². The molecule has 1 saturated heterocycles. The highest BCUT2D eigenvalue weighted by Gasteiger charge is 2.35. The minimum atomic E-state index is -0.786. The lowest BCUT2D eigenvalue weighted by Crippen LogP contribution is -2.49. The molecule has 2 atom stereocenters. The summed E-state index contributed by atoms with van der Waals surface area (Å²) in [5.74, 6) is 0.122. The Labute approximate surface area is 211 Å². The van der Waals surface area contributed by atoms with Crippen LogP contribution < -0.4 is 10.6 Å². The van der Waals surface area contributed by atoms with Crippen LogP contribution in [0.15, 0.2) is 40.9 Å². The number of amides is 3. The molecule has 2 N–H and O–H groups in total. The summed E-state index contributed by atoms with van der Waals surface area (Å²) in [6.45, 7) is 2.69. The summed E-state index contributed by atoms with van der Waals surface area (Å²) in [7, 11) is 0. The van der Waals surface area contributed by atoms with Crippen LogP contribution >= 0.6 is 0 Å². The molecule has 1 aliphatic carbocycles. The average Bonchev–Trinajstić information content (AvgIpc) is 3.55. The van der Waals surface area contributed by atoms with Crippen LogP contribution in [0.3, 0.4) is 0 Å². The molecule has 0 bridgehead atoms. The van der Waals surface area contributed by atoms with Crippen LogP contribution in [0.1, 0.15) is 75.2 Å². The van der Waals surface area contributed by atoms with E-state index < -0.39 is 6.04 Å². The molecule has 2 aliphatic rings. The Bertz CT molecular complexity index is 1010. The molecule has 3 amide bonds. The zero-order chi connectivity index (χ0) is 25.3. The van der Waals surface area contributed by atoms with E-state index in [0.29, 0.717) is 24.7 Å². The molecule has 1 aliphatic heterocycles. The van der Waals surface area contributed by atoms with E-state index >= 15 is 0 Å². The highest BCUT2D eigenvalue weighted by molar-refractivity contribution is 5.94. The van der Waals surface area contributed by atoms with Crippen molar-refractivity contribution >= 4 is 23.5 Å². The van der Waals surface area contributed by atoms with E-state index in [-0.39, 0.29) is 42.7 Å². The first kappa shape index (κ1) is 25.9. The smallest absolute Gasteiger partial charge is 0.247 e. The summed E-state index contributed by atoms with van der Waals surface area (Å²) >= 11 is 0. The Morgan fingerprint density at radius 3 is 2.50 bits per heavy atom. The van der Waals surface area contributed by atoms with Crippen molar-refractivity contribution in [1.29, 1.82) is 0 Å². The summed E-state index contributed by atoms with van der Waals surface area (Å²) in [5.41, 5.74) is 0.750. The minimum Gasteiger partial charge on any atom is -0.376 e. The lowest BCUT2D eigenvalue weighted by molar-refractivity contribution is -0.143. The number of nitrogens with one attached hydrogen (secondary N) is 2. The van der Waals surface area contributed by atoms with Crippen molar-refractivity contribution in [3.05, 3.63) is 47.7 Å². The Morgan fingerprint density at radius 1 is 1.06 bits per heavy atom. The second kappa shape index (κ2) is 12.7. The number of rotatable bonds is 10. The van der Waals surface area contributed by atoms with Crippen LogP contribution in [0, 0.1) is 6.92 Å². The molecule has 36 heavy (non-hydrogen) atoms. The molecule has 9 heteroatoms. The number of benzene rings is 1. The van der Waals surface area contributed by atoms with Gasteiger partial charge in [-0.05, 0) is 38.2 Å². The predicted molar refractivity (Wildman–Crippen MR) is 134 cm³/mol. The van der Waals surface area contributed by atoms with Crippen LogP contribution in [0.25, 0.3) is 0 Å². The van der Waals surface area contributed by atoms with Crippen molar-refractivity contribution in [1.82, 2.24) is 15.4 Å². The van der Waals surface area contributed by atoms with Crippen LogP contribution in [-0.4, -0.2) is 53.1 Å². The molecular weight excluding hydrogens is 460 g/mol. The largest absolute Gasteiger partial charge is 0.376 e. The van der Waals surface area contributed by atoms with Crippen LogP contribution in [0.2, 0.25) is 0 Å². The highest BCUT2D eigenvalue weighted by Crippen LogP contribution is 2.27. The number of ether oxygens (including phenoxy) is 1. The number of hydrogen-bond donors (Lipinski definition) is 2.